The number of ketones is 1. The Morgan fingerprint density at radius 1 is 1.10 bits per heavy atom. The van der Waals surface area contributed by atoms with Crippen LogP contribution in [0.25, 0.3) is 11.3 Å². The molecule has 3 fully saturated rings. The van der Waals surface area contributed by atoms with Crippen molar-refractivity contribution in [2.45, 2.75) is 147 Å². The van der Waals surface area contributed by atoms with Crippen LogP contribution in [0.4, 0.5) is 10.5 Å². The van der Waals surface area contributed by atoms with Crippen molar-refractivity contribution in [3.8, 4) is 11.3 Å². The number of hydrogen-bond donors (Lipinski definition) is 4. The number of aliphatic hydroxyl groups excluding tert-OH is 1. The number of unbranched alkanes of at least 4 members (excludes halogenated alkanes) is 1. The summed E-state index contributed by atoms with van der Waals surface area (Å²) in [7, 11) is 5.32. The fourth-order valence-electron chi connectivity index (χ4n) is 9.49. The smallest absolute Gasteiger partial charge is 0.410 e. The summed E-state index contributed by atoms with van der Waals surface area (Å²) in [5, 5.41) is 23.8. The highest BCUT2D eigenvalue weighted by Crippen LogP contribution is 2.40. The number of aliphatic hydroxyl groups is 1. The van der Waals surface area contributed by atoms with Crippen molar-refractivity contribution in [3.63, 3.8) is 0 Å². The molecule has 2 unspecified atom stereocenters. The molecule has 0 spiro atoms. The van der Waals surface area contributed by atoms with Gasteiger partial charge in [0, 0.05) is 56.0 Å². The van der Waals surface area contributed by atoms with E-state index in [9.17, 15) is 19.5 Å². The first kappa shape index (κ1) is 47.3. The van der Waals surface area contributed by atoms with Crippen LogP contribution >= 0.6 is 0 Å². The van der Waals surface area contributed by atoms with Crippen molar-refractivity contribution in [3.05, 3.63) is 30.5 Å². The Labute approximate surface area is 355 Å². The molecule has 13 atom stereocenters. The van der Waals surface area contributed by atoms with Gasteiger partial charge >= 0.3 is 12.1 Å². The summed E-state index contributed by atoms with van der Waals surface area (Å²) in [4.78, 5) is 45.9. The van der Waals surface area contributed by atoms with Crippen molar-refractivity contribution in [1.82, 2.24) is 30.1 Å². The molecule has 0 bridgehead atoms. The van der Waals surface area contributed by atoms with Crippen LogP contribution < -0.4 is 16.8 Å². The van der Waals surface area contributed by atoms with Gasteiger partial charge in [-0.2, -0.15) is 0 Å². The summed E-state index contributed by atoms with van der Waals surface area (Å²) in [6.45, 7) is 14.6. The fourth-order valence-corrected chi connectivity index (χ4v) is 9.49. The van der Waals surface area contributed by atoms with E-state index in [0.29, 0.717) is 57.4 Å². The Kier molecular flexibility index (Phi) is 15.8. The molecule has 6 N–H and O–H groups in total. The lowest BCUT2D eigenvalue weighted by atomic mass is 9.78. The zero-order valence-electron chi connectivity index (χ0n) is 37.2. The number of aryl methyl sites for hydroxylation is 1. The van der Waals surface area contributed by atoms with E-state index in [-0.39, 0.29) is 30.7 Å². The predicted octanol–water partition coefficient (Wildman–Crippen LogP) is 3.22. The van der Waals surface area contributed by atoms with Gasteiger partial charge < -0.3 is 50.5 Å². The second kappa shape index (κ2) is 20.0. The van der Waals surface area contributed by atoms with Crippen LogP contribution in [0.1, 0.15) is 80.6 Å². The summed E-state index contributed by atoms with van der Waals surface area (Å²) in [6.07, 6.45) is -0.316. The molecule has 60 heavy (non-hydrogen) atoms. The molecule has 1 aromatic carbocycles. The first-order valence-corrected chi connectivity index (χ1v) is 21.5. The van der Waals surface area contributed by atoms with Crippen molar-refractivity contribution in [2.75, 3.05) is 46.6 Å². The average Bonchev–Trinajstić information content (AvgIpc) is 3.80. The first-order valence-electron chi connectivity index (χ1n) is 21.5. The maximum atomic E-state index is 14.4. The van der Waals surface area contributed by atoms with Crippen LogP contribution in [-0.2, 0) is 39.8 Å². The second-order valence-electron chi connectivity index (χ2n) is 17.8. The lowest BCUT2D eigenvalue weighted by Gasteiger charge is -2.47. The molecule has 1 amide bonds. The molecule has 17 heteroatoms. The number of nitrogens with two attached hydrogens (primary N) is 2. The van der Waals surface area contributed by atoms with Gasteiger partial charge in [0.05, 0.1) is 30.0 Å². The van der Waals surface area contributed by atoms with Gasteiger partial charge in [-0.3, -0.25) is 19.2 Å². The number of aromatic nitrogens is 3. The Hall–Kier alpha value is -3.71. The molecule has 0 aliphatic carbocycles. The molecule has 0 saturated carbocycles. The zero-order chi connectivity index (χ0) is 44.1. The largest absolute Gasteiger partial charge is 0.458 e. The topological polar surface area (TPSA) is 219 Å². The minimum absolute atomic E-state index is 0.0330. The number of carbonyl (C=O) groups is 3. The lowest BCUT2D eigenvalue weighted by Crippen LogP contribution is -2.61. The molecule has 0 radical (unpaired) electrons. The van der Waals surface area contributed by atoms with E-state index in [2.05, 4.69) is 22.6 Å². The van der Waals surface area contributed by atoms with Gasteiger partial charge in [0.25, 0.3) is 0 Å². The number of Topliss-reactive ketones (excluding diaryl/α,β-unsaturated/α-hetero) is 1. The number of benzene rings is 1. The average molecular weight is 843 g/mol. The monoisotopic (exact) mass is 843 g/mol. The number of esters is 1. The maximum Gasteiger partial charge on any atom is 0.410 e. The number of anilines is 1. The zero-order valence-corrected chi connectivity index (χ0v) is 37.2. The van der Waals surface area contributed by atoms with Crippen LogP contribution in [-0.4, -0.2) is 149 Å². The molecule has 17 nitrogen and oxygen atoms in total. The maximum absolute atomic E-state index is 14.4. The standard InChI is InChI=1S/C43H70N8O9/c1-11-34-43(7)37(51(41(55)60-43)18-13-12-17-50-24-32(47-48-50)29-15-14-16-30(45)19-29)28(5)46-23-25(2)21-42(6,56-10)38(26(3)35(52)27(4)39(54)58-34)59-40-36(53)33(49(8)9)20-31(22-44)57-40/h14-16,19,24-28,31,33-34,36-38,40,46,53H,11-13,17-18,20-23,44-45H2,1-10H3/t25-,26+,27-,28-,31+,33?,34-,36?,37-,38-,40+,42-,43-/m1/s1. The minimum Gasteiger partial charge on any atom is -0.458 e. The number of nitrogen functional groups attached to an aromatic ring is 1. The summed E-state index contributed by atoms with van der Waals surface area (Å²) in [6, 6.07) is 6.35. The van der Waals surface area contributed by atoms with Crippen LogP contribution in [0, 0.1) is 17.8 Å². The third-order valence-electron chi connectivity index (χ3n) is 13.0. The molecule has 3 saturated heterocycles. The van der Waals surface area contributed by atoms with E-state index < -0.39 is 71.5 Å². The molecule has 3 aliphatic rings. The number of likely N-dealkylation sites (N-methyl/N-ethyl adjacent to an activating group) is 1. The fraction of sp³-hybridized carbons (Fsp3) is 0.744. The van der Waals surface area contributed by atoms with E-state index >= 15 is 0 Å². The number of hydrogen-bond acceptors (Lipinski definition) is 15. The Bertz CT molecular complexity index is 1760. The van der Waals surface area contributed by atoms with Crippen molar-refractivity contribution < 1.29 is 43.2 Å². The molecular formula is C43H70N8O9. The van der Waals surface area contributed by atoms with E-state index in [4.69, 9.17) is 35.2 Å². The number of methoxy groups -OCH3 is 1. The number of nitrogens with zero attached hydrogens (tertiary/aromatic N) is 5. The van der Waals surface area contributed by atoms with Crippen LogP contribution in [0.15, 0.2) is 30.5 Å². The third-order valence-corrected chi connectivity index (χ3v) is 13.0. The van der Waals surface area contributed by atoms with Crippen LogP contribution in [0.3, 0.4) is 0 Å². The minimum atomic E-state index is -1.24. The summed E-state index contributed by atoms with van der Waals surface area (Å²) in [5.41, 5.74) is 12.0. The quantitative estimate of drug-likeness (QED) is 0.104. The van der Waals surface area contributed by atoms with E-state index in [1.807, 2.05) is 77.2 Å². The van der Waals surface area contributed by atoms with Gasteiger partial charge in [0.15, 0.2) is 17.7 Å². The third kappa shape index (κ3) is 10.3. The highest BCUT2D eigenvalue weighted by Gasteiger charge is 2.58. The second-order valence-corrected chi connectivity index (χ2v) is 17.8. The molecule has 336 valence electrons. The van der Waals surface area contributed by atoms with Gasteiger partial charge in [-0.1, -0.05) is 38.1 Å². The highest BCUT2D eigenvalue weighted by atomic mass is 16.7. The summed E-state index contributed by atoms with van der Waals surface area (Å²) in [5.74, 6) is -3.27. The summed E-state index contributed by atoms with van der Waals surface area (Å²) < 4.78 is 33.3. The van der Waals surface area contributed by atoms with E-state index in [0.717, 1.165) is 11.3 Å². The number of rotatable bonds is 12. The molecule has 4 heterocycles. The van der Waals surface area contributed by atoms with Gasteiger partial charge in [0.2, 0.25) is 0 Å². The number of fused-ring (bicyclic) bond motifs is 1. The van der Waals surface area contributed by atoms with Crippen molar-refractivity contribution in [2.24, 2.45) is 23.5 Å². The molecule has 1 aromatic heterocycles. The SMILES string of the molecule is CC[C@H]1OC(=O)[C@H](C)C(=O)[C@H](C)[C@@H](O[C@@H]2O[C@H](CN)CC(N(C)C)C2O)[C@](C)(OC)C[C@@H](C)CN[C@H](C)[C@H]2N(CCCCn3cc(-c4cccc(N)c4)nn3)C(=O)O[C@]12C. The Morgan fingerprint density at radius 3 is 2.47 bits per heavy atom. The van der Waals surface area contributed by atoms with Crippen LogP contribution in [0.5, 0.6) is 0 Å². The van der Waals surface area contributed by atoms with Crippen molar-refractivity contribution >= 4 is 23.5 Å². The van der Waals surface area contributed by atoms with Gasteiger partial charge in [-0.05, 0) is 98.5 Å². The molecule has 3 aliphatic heterocycles. The first-order chi connectivity index (χ1) is 28.4. The Balaban J connectivity index is 1.38. The van der Waals surface area contributed by atoms with E-state index in [1.165, 1.54) is 6.92 Å². The Morgan fingerprint density at radius 2 is 1.82 bits per heavy atom. The highest BCUT2D eigenvalue weighted by molar-refractivity contribution is 6.00. The number of nitrogens with one attached hydrogen (secondary N) is 1. The van der Waals surface area contributed by atoms with E-state index in [1.54, 1.807) is 23.6 Å². The normalized spacial score (nSPS) is 36.0. The number of carbonyl (C=O) groups excluding carboxylic acids is 3. The number of amides is 1. The van der Waals surface area contributed by atoms with Crippen molar-refractivity contribution in [1.29, 1.82) is 0 Å². The van der Waals surface area contributed by atoms with Gasteiger partial charge in [-0.25, -0.2) is 4.79 Å². The number of cyclic esters (lactones) is 1. The molecule has 5 rings (SSSR count). The lowest BCUT2D eigenvalue weighted by molar-refractivity contribution is -0.296. The van der Waals surface area contributed by atoms with Gasteiger partial charge in [-0.15, -0.1) is 5.10 Å². The summed E-state index contributed by atoms with van der Waals surface area (Å²) >= 11 is 0. The predicted molar refractivity (Wildman–Crippen MR) is 225 cm³/mol. The molecular weight excluding hydrogens is 773 g/mol. The number of ether oxygens (including phenoxy) is 5. The van der Waals surface area contributed by atoms with Gasteiger partial charge in [0.1, 0.15) is 23.8 Å². The van der Waals surface area contributed by atoms with Crippen LogP contribution in [0.2, 0.25) is 0 Å². The molecule has 2 aromatic rings.